The fourth-order valence-corrected chi connectivity index (χ4v) is 2.30. The molecule has 1 amide bonds. The number of hydrogen-bond acceptors (Lipinski definition) is 5. The lowest BCUT2D eigenvalue weighted by molar-refractivity contribution is -0.159. The van der Waals surface area contributed by atoms with Gasteiger partial charge in [-0.1, -0.05) is 23.7 Å². The van der Waals surface area contributed by atoms with Gasteiger partial charge in [0.1, 0.15) is 11.6 Å². The third-order valence-corrected chi connectivity index (χ3v) is 3.65. The molecule has 0 unspecified atom stereocenters. The van der Waals surface area contributed by atoms with Gasteiger partial charge in [-0.05, 0) is 42.9 Å². The lowest BCUT2D eigenvalue weighted by Crippen LogP contribution is -2.30. The SMILES string of the molecule is COc1ccc(CN(C)CC(=O)Nc2cc(Cl)ccc2F)cc1.O=C(O)C(=O)O. The molecule has 2 rings (SSSR count). The molecular weight excluding hydrogens is 407 g/mol. The molecule has 0 heterocycles. The maximum absolute atomic E-state index is 13.6. The van der Waals surface area contributed by atoms with Gasteiger partial charge < -0.3 is 20.3 Å². The molecule has 2 aromatic carbocycles. The van der Waals surface area contributed by atoms with Crippen LogP contribution in [0.1, 0.15) is 5.56 Å². The van der Waals surface area contributed by atoms with Crippen molar-refractivity contribution in [3.63, 3.8) is 0 Å². The zero-order valence-electron chi connectivity index (χ0n) is 15.7. The first-order valence-corrected chi connectivity index (χ1v) is 8.52. The molecule has 0 spiro atoms. The Morgan fingerprint density at radius 3 is 2.21 bits per heavy atom. The average Bonchev–Trinajstić information content (AvgIpc) is 2.65. The highest BCUT2D eigenvalue weighted by molar-refractivity contribution is 6.30. The molecule has 29 heavy (non-hydrogen) atoms. The number of halogens is 2. The van der Waals surface area contributed by atoms with Gasteiger partial charge in [-0.25, -0.2) is 14.0 Å². The van der Waals surface area contributed by atoms with E-state index in [1.165, 1.54) is 18.2 Å². The van der Waals surface area contributed by atoms with Crippen LogP contribution < -0.4 is 10.1 Å². The Morgan fingerprint density at radius 2 is 1.69 bits per heavy atom. The van der Waals surface area contributed by atoms with E-state index in [0.29, 0.717) is 11.6 Å². The van der Waals surface area contributed by atoms with E-state index in [4.69, 9.17) is 36.1 Å². The smallest absolute Gasteiger partial charge is 0.414 e. The van der Waals surface area contributed by atoms with Crippen LogP contribution in [0.25, 0.3) is 0 Å². The number of benzene rings is 2. The quantitative estimate of drug-likeness (QED) is 0.608. The minimum atomic E-state index is -1.82. The van der Waals surface area contributed by atoms with Gasteiger partial charge >= 0.3 is 11.9 Å². The van der Waals surface area contributed by atoms with Gasteiger partial charge in [-0.2, -0.15) is 0 Å². The van der Waals surface area contributed by atoms with Crippen molar-refractivity contribution in [2.75, 3.05) is 26.0 Å². The largest absolute Gasteiger partial charge is 0.497 e. The van der Waals surface area contributed by atoms with Gasteiger partial charge in [0.2, 0.25) is 5.91 Å². The topological polar surface area (TPSA) is 116 Å². The van der Waals surface area contributed by atoms with E-state index < -0.39 is 17.8 Å². The van der Waals surface area contributed by atoms with Crippen molar-refractivity contribution in [3.8, 4) is 5.75 Å². The number of anilines is 1. The maximum Gasteiger partial charge on any atom is 0.414 e. The van der Waals surface area contributed by atoms with Crippen molar-refractivity contribution in [1.29, 1.82) is 0 Å². The number of ether oxygens (including phenoxy) is 1. The summed E-state index contributed by atoms with van der Waals surface area (Å²) in [6.45, 7) is 0.730. The summed E-state index contributed by atoms with van der Waals surface area (Å²) < 4.78 is 18.7. The van der Waals surface area contributed by atoms with E-state index in [1.807, 2.05) is 36.2 Å². The van der Waals surface area contributed by atoms with Crippen molar-refractivity contribution in [1.82, 2.24) is 4.90 Å². The average molecular weight is 427 g/mol. The summed E-state index contributed by atoms with van der Waals surface area (Å²) in [6.07, 6.45) is 0. The summed E-state index contributed by atoms with van der Waals surface area (Å²) in [7, 11) is 3.43. The monoisotopic (exact) mass is 426 g/mol. The number of methoxy groups -OCH3 is 1. The predicted octanol–water partition coefficient (Wildman–Crippen LogP) is 2.71. The summed E-state index contributed by atoms with van der Waals surface area (Å²) >= 11 is 5.80. The van der Waals surface area contributed by atoms with Crippen molar-refractivity contribution in [2.45, 2.75) is 6.54 Å². The van der Waals surface area contributed by atoms with Crippen LogP contribution in [0.3, 0.4) is 0 Å². The van der Waals surface area contributed by atoms with Gasteiger partial charge in [0, 0.05) is 11.6 Å². The van der Waals surface area contributed by atoms with Crippen LogP contribution in [0, 0.1) is 5.82 Å². The molecule has 0 saturated carbocycles. The number of aliphatic carboxylic acids is 2. The number of amides is 1. The molecule has 0 atom stereocenters. The standard InChI is InChI=1S/C17H18ClFN2O2.C2H2O4/c1-21(10-12-3-6-14(23-2)7-4-12)11-17(22)20-16-9-13(18)5-8-15(16)19;3-1(4)2(5)6/h3-9H,10-11H2,1-2H3,(H,20,22);(H,3,4)(H,5,6). The van der Waals surface area contributed by atoms with Gasteiger partial charge in [0.25, 0.3) is 0 Å². The number of carboxylic acids is 2. The summed E-state index contributed by atoms with van der Waals surface area (Å²) in [6, 6.07) is 11.6. The molecule has 0 aromatic heterocycles. The van der Waals surface area contributed by atoms with Crippen molar-refractivity contribution in [3.05, 3.63) is 58.9 Å². The highest BCUT2D eigenvalue weighted by atomic mass is 35.5. The molecule has 0 aliphatic heterocycles. The van der Waals surface area contributed by atoms with E-state index in [-0.39, 0.29) is 18.1 Å². The van der Waals surface area contributed by atoms with E-state index >= 15 is 0 Å². The molecule has 0 aliphatic carbocycles. The molecule has 8 nitrogen and oxygen atoms in total. The van der Waals surface area contributed by atoms with Gasteiger partial charge in [0.05, 0.1) is 19.3 Å². The molecule has 0 radical (unpaired) electrons. The lowest BCUT2D eigenvalue weighted by Gasteiger charge is -2.17. The lowest BCUT2D eigenvalue weighted by atomic mass is 10.2. The van der Waals surface area contributed by atoms with Crippen molar-refractivity contribution in [2.24, 2.45) is 0 Å². The number of carbonyl (C=O) groups is 3. The van der Waals surface area contributed by atoms with Crippen LogP contribution in [-0.4, -0.2) is 53.7 Å². The van der Waals surface area contributed by atoms with Gasteiger partial charge in [-0.3, -0.25) is 9.69 Å². The number of nitrogens with one attached hydrogen (secondary N) is 1. The first kappa shape index (κ1) is 23.9. The summed E-state index contributed by atoms with van der Waals surface area (Å²) in [5.74, 6) is -3.68. The first-order valence-electron chi connectivity index (χ1n) is 8.15. The Kier molecular flexibility index (Phi) is 9.57. The Morgan fingerprint density at radius 1 is 1.10 bits per heavy atom. The Bertz CT molecular complexity index is 848. The van der Waals surface area contributed by atoms with Gasteiger partial charge in [-0.15, -0.1) is 0 Å². The zero-order chi connectivity index (χ0) is 22.0. The van der Waals surface area contributed by atoms with Crippen molar-refractivity contribution >= 4 is 35.1 Å². The zero-order valence-corrected chi connectivity index (χ0v) is 16.4. The van der Waals surface area contributed by atoms with E-state index in [0.717, 1.165) is 11.3 Å². The highest BCUT2D eigenvalue weighted by Gasteiger charge is 2.11. The Labute approximate surface area is 171 Å². The minimum absolute atomic E-state index is 0.0837. The third kappa shape index (κ3) is 9.04. The molecule has 0 bridgehead atoms. The molecular formula is C19H20ClFN2O6. The Hall–Kier alpha value is -3.17. The molecule has 2 aromatic rings. The number of likely N-dealkylation sites (N-methyl/N-ethyl adjacent to an activating group) is 1. The maximum atomic E-state index is 13.6. The van der Waals surface area contributed by atoms with Crippen molar-refractivity contribution < 1.29 is 33.7 Å². The second-order valence-electron chi connectivity index (χ2n) is 5.80. The van der Waals surface area contributed by atoms with E-state index in [1.54, 1.807) is 7.11 Å². The predicted molar refractivity (Wildman–Crippen MR) is 105 cm³/mol. The number of hydrogen-bond donors (Lipinski definition) is 3. The second-order valence-corrected chi connectivity index (χ2v) is 6.24. The van der Waals surface area contributed by atoms with Crippen LogP contribution in [0.2, 0.25) is 5.02 Å². The molecule has 0 fully saturated rings. The van der Waals surface area contributed by atoms with Crippen LogP contribution in [0.15, 0.2) is 42.5 Å². The fraction of sp³-hybridized carbons (Fsp3) is 0.211. The first-order chi connectivity index (χ1) is 13.6. The van der Waals surface area contributed by atoms with Crippen LogP contribution in [0.4, 0.5) is 10.1 Å². The molecule has 3 N–H and O–H groups in total. The summed E-state index contributed by atoms with van der Waals surface area (Å²) in [5, 5.41) is 17.7. The Balaban J connectivity index is 0.000000612. The molecule has 10 heteroatoms. The normalized spacial score (nSPS) is 9.97. The number of rotatable bonds is 6. The number of carbonyl (C=O) groups excluding carboxylic acids is 1. The second kappa shape index (κ2) is 11.6. The summed E-state index contributed by atoms with van der Waals surface area (Å²) in [5.41, 5.74) is 1.13. The minimum Gasteiger partial charge on any atom is -0.497 e. The van der Waals surface area contributed by atoms with Crippen LogP contribution in [0.5, 0.6) is 5.75 Å². The molecule has 0 aliphatic rings. The van der Waals surface area contributed by atoms with E-state index in [9.17, 15) is 9.18 Å². The summed E-state index contributed by atoms with van der Waals surface area (Å²) in [4.78, 5) is 32.0. The van der Waals surface area contributed by atoms with Gasteiger partial charge in [0.15, 0.2) is 0 Å². The third-order valence-electron chi connectivity index (χ3n) is 3.41. The fourth-order valence-electron chi connectivity index (χ4n) is 2.13. The molecule has 156 valence electrons. The molecule has 0 saturated heterocycles. The number of carboxylic acid groups (broad SMARTS) is 2. The van der Waals surface area contributed by atoms with Crippen LogP contribution >= 0.6 is 11.6 Å². The van der Waals surface area contributed by atoms with Crippen LogP contribution in [-0.2, 0) is 20.9 Å². The highest BCUT2D eigenvalue weighted by Crippen LogP contribution is 2.19. The van der Waals surface area contributed by atoms with E-state index in [2.05, 4.69) is 5.32 Å². The number of nitrogens with zero attached hydrogens (tertiary/aromatic N) is 1.